The monoisotopic (exact) mass is 341 g/mol. The molecule has 0 atom stereocenters. The van der Waals surface area contributed by atoms with Crippen LogP contribution in [0, 0.1) is 0 Å². The van der Waals surface area contributed by atoms with Gasteiger partial charge in [0.05, 0.1) is 5.56 Å². The third-order valence-corrected chi connectivity index (χ3v) is 3.59. The van der Waals surface area contributed by atoms with Crippen molar-refractivity contribution < 1.29 is 4.79 Å². The second-order valence-electron chi connectivity index (χ2n) is 4.82. The maximum Gasteiger partial charge on any atom is 0.255 e. The molecule has 1 heterocycles. The van der Waals surface area contributed by atoms with Crippen LogP contribution in [0.1, 0.15) is 55.8 Å². The first-order valence-electron chi connectivity index (χ1n) is 7.30. The quantitative estimate of drug-likeness (QED) is 0.668. The summed E-state index contributed by atoms with van der Waals surface area (Å²) in [5, 5.41) is 5.89. The zero-order chi connectivity index (χ0) is 14.8. The summed E-state index contributed by atoms with van der Waals surface area (Å²) >= 11 is 3.34. The lowest BCUT2D eigenvalue weighted by Crippen LogP contribution is -2.25. The Balaban J connectivity index is 2.34. The molecule has 1 amide bonds. The molecule has 0 fully saturated rings. The molecule has 1 aromatic heterocycles. The van der Waals surface area contributed by atoms with Crippen LogP contribution < -0.4 is 10.6 Å². The van der Waals surface area contributed by atoms with Gasteiger partial charge >= 0.3 is 0 Å². The number of rotatable bonds is 9. The zero-order valence-corrected chi connectivity index (χ0v) is 13.9. The Kier molecular flexibility index (Phi) is 8.26. The van der Waals surface area contributed by atoms with Gasteiger partial charge < -0.3 is 10.6 Å². The van der Waals surface area contributed by atoms with Gasteiger partial charge in [-0.05, 0) is 28.4 Å². The van der Waals surface area contributed by atoms with Gasteiger partial charge in [0.1, 0.15) is 5.82 Å². The van der Waals surface area contributed by atoms with E-state index in [0.29, 0.717) is 11.4 Å². The van der Waals surface area contributed by atoms with Crippen LogP contribution in [0.4, 0.5) is 5.82 Å². The molecule has 4 nitrogen and oxygen atoms in total. The number of nitrogens with one attached hydrogen (secondary N) is 2. The van der Waals surface area contributed by atoms with Crippen molar-refractivity contribution in [1.29, 1.82) is 0 Å². The lowest BCUT2D eigenvalue weighted by atomic mass is 10.1. The van der Waals surface area contributed by atoms with Crippen LogP contribution in [0.2, 0.25) is 0 Å². The lowest BCUT2D eigenvalue weighted by molar-refractivity contribution is 0.0953. The highest BCUT2D eigenvalue weighted by molar-refractivity contribution is 9.10. The van der Waals surface area contributed by atoms with Gasteiger partial charge in [-0.1, -0.05) is 39.0 Å². The van der Waals surface area contributed by atoms with Crippen molar-refractivity contribution >= 4 is 27.7 Å². The zero-order valence-electron chi connectivity index (χ0n) is 12.3. The van der Waals surface area contributed by atoms with E-state index in [-0.39, 0.29) is 5.91 Å². The normalized spacial score (nSPS) is 10.3. The van der Waals surface area contributed by atoms with E-state index in [4.69, 9.17) is 0 Å². The van der Waals surface area contributed by atoms with Crippen molar-refractivity contribution in [1.82, 2.24) is 10.3 Å². The van der Waals surface area contributed by atoms with E-state index in [9.17, 15) is 4.79 Å². The molecule has 0 aliphatic carbocycles. The van der Waals surface area contributed by atoms with Gasteiger partial charge in [0.15, 0.2) is 0 Å². The molecule has 1 aromatic rings. The molecule has 2 N–H and O–H groups in total. The van der Waals surface area contributed by atoms with Crippen LogP contribution >= 0.6 is 15.9 Å². The number of hydrogen-bond acceptors (Lipinski definition) is 3. The standard InChI is InChI=1S/C15H24BrN3O/c1-3-4-5-6-7-8-9-18-15(20)13-10-12(16)11-19-14(13)17-2/h10-11H,3-9H2,1-2H3,(H,17,19)(H,18,20). The molecule has 0 saturated heterocycles. The number of carbonyl (C=O) groups is 1. The molecule has 0 spiro atoms. The molecular weight excluding hydrogens is 318 g/mol. The number of amides is 1. The second kappa shape index (κ2) is 9.75. The summed E-state index contributed by atoms with van der Waals surface area (Å²) in [6.45, 7) is 2.94. The van der Waals surface area contributed by atoms with Crippen LogP contribution in [-0.2, 0) is 0 Å². The van der Waals surface area contributed by atoms with Crippen LogP contribution in [0.15, 0.2) is 16.7 Å². The minimum atomic E-state index is -0.0725. The predicted octanol–water partition coefficient (Wildman–Crippen LogP) is 3.98. The van der Waals surface area contributed by atoms with Crippen LogP contribution in [-0.4, -0.2) is 24.5 Å². The van der Waals surface area contributed by atoms with Crippen molar-refractivity contribution in [2.45, 2.75) is 45.4 Å². The molecule has 0 radical (unpaired) electrons. The molecule has 0 aromatic carbocycles. The smallest absolute Gasteiger partial charge is 0.255 e. The van der Waals surface area contributed by atoms with Gasteiger partial charge in [-0.2, -0.15) is 0 Å². The SMILES string of the molecule is CCCCCCCCNC(=O)c1cc(Br)cnc1NC. The summed E-state index contributed by atoms with van der Waals surface area (Å²) in [6.07, 6.45) is 9.01. The topological polar surface area (TPSA) is 54.0 Å². The number of carbonyl (C=O) groups excluding carboxylic acids is 1. The minimum absolute atomic E-state index is 0.0725. The first kappa shape index (κ1) is 17.0. The fourth-order valence-corrected chi connectivity index (χ4v) is 2.35. The minimum Gasteiger partial charge on any atom is -0.372 e. The highest BCUT2D eigenvalue weighted by Gasteiger charge is 2.11. The Hall–Kier alpha value is -1.10. The Labute approximate surface area is 129 Å². The van der Waals surface area contributed by atoms with Crippen molar-refractivity contribution in [3.63, 3.8) is 0 Å². The molecule has 20 heavy (non-hydrogen) atoms. The van der Waals surface area contributed by atoms with E-state index in [1.54, 1.807) is 19.3 Å². The van der Waals surface area contributed by atoms with Gasteiger partial charge in [0.2, 0.25) is 0 Å². The van der Waals surface area contributed by atoms with E-state index < -0.39 is 0 Å². The molecule has 0 aliphatic heterocycles. The van der Waals surface area contributed by atoms with E-state index in [1.165, 1.54) is 32.1 Å². The number of hydrogen-bond donors (Lipinski definition) is 2. The van der Waals surface area contributed by atoms with E-state index >= 15 is 0 Å². The number of nitrogens with zero attached hydrogens (tertiary/aromatic N) is 1. The third-order valence-electron chi connectivity index (χ3n) is 3.15. The predicted molar refractivity (Wildman–Crippen MR) is 87.2 cm³/mol. The van der Waals surface area contributed by atoms with Crippen molar-refractivity contribution in [2.75, 3.05) is 18.9 Å². The number of unbranched alkanes of at least 4 members (excludes halogenated alkanes) is 5. The van der Waals surface area contributed by atoms with Gasteiger partial charge in [-0.15, -0.1) is 0 Å². The molecule has 0 aliphatic rings. The molecule has 0 unspecified atom stereocenters. The highest BCUT2D eigenvalue weighted by Crippen LogP contribution is 2.17. The summed E-state index contributed by atoms with van der Waals surface area (Å²) in [4.78, 5) is 16.3. The average molecular weight is 342 g/mol. The van der Waals surface area contributed by atoms with Crippen molar-refractivity contribution in [2.24, 2.45) is 0 Å². The molecule has 0 bridgehead atoms. The third kappa shape index (κ3) is 5.90. The van der Waals surface area contributed by atoms with Crippen LogP contribution in [0.5, 0.6) is 0 Å². The molecule has 112 valence electrons. The van der Waals surface area contributed by atoms with Crippen LogP contribution in [0.25, 0.3) is 0 Å². The molecule has 5 heteroatoms. The van der Waals surface area contributed by atoms with Crippen LogP contribution in [0.3, 0.4) is 0 Å². The van der Waals surface area contributed by atoms with Gasteiger partial charge in [-0.3, -0.25) is 4.79 Å². The first-order valence-corrected chi connectivity index (χ1v) is 8.09. The number of halogens is 1. The largest absolute Gasteiger partial charge is 0.372 e. The summed E-state index contributed by atoms with van der Waals surface area (Å²) in [7, 11) is 1.76. The number of anilines is 1. The van der Waals surface area contributed by atoms with Crippen molar-refractivity contribution in [3.8, 4) is 0 Å². The Morgan fingerprint density at radius 2 is 1.95 bits per heavy atom. The molecular formula is C15H24BrN3O. The van der Waals surface area contributed by atoms with Crippen molar-refractivity contribution in [3.05, 3.63) is 22.3 Å². The summed E-state index contributed by atoms with van der Waals surface area (Å²) in [6, 6.07) is 1.79. The van der Waals surface area contributed by atoms with E-state index in [2.05, 4.69) is 38.5 Å². The fourth-order valence-electron chi connectivity index (χ4n) is 2.01. The average Bonchev–Trinajstić information content (AvgIpc) is 2.46. The Morgan fingerprint density at radius 3 is 2.65 bits per heavy atom. The summed E-state index contributed by atoms with van der Waals surface area (Å²) in [5.74, 6) is 0.533. The maximum atomic E-state index is 12.1. The number of aromatic nitrogens is 1. The highest BCUT2D eigenvalue weighted by atomic mass is 79.9. The lowest BCUT2D eigenvalue weighted by Gasteiger charge is -2.09. The number of pyridine rings is 1. The van der Waals surface area contributed by atoms with Gasteiger partial charge in [0, 0.05) is 24.3 Å². The summed E-state index contributed by atoms with van der Waals surface area (Å²) < 4.78 is 0.807. The Bertz CT molecular complexity index is 424. The van der Waals surface area contributed by atoms with E-state index in [0.717, 1.165) is 17.4 Å². The summed E-state index contributed by atoms with van der Waals surface area (Å²) in [5.41, 5.74) is 0.577. The maximum absolute atomic E-state index is 12.1. The van der Waals surface area contributed by atoms with Gasteiger partial charge in [0.25, 0.3) is 5.91 Å². The molecule has 1 rings (SSSR count). The van der Waals surface area contributed by atoms with Gasteiger partial charge in [-0.25, -0.2) is 4.98 Å². The fraction of sp³-hybridized carbons (Fsp3) is 0.600. The Morgan fingerprint density at radius 1 is 1.25 bits per heavy atom. The van der Waals surface area contributed by atoms with E-state index in [1.807, 2.05) is 0 Å². The first-order chi connectivity index (χ1) is 9.69. The second-order valence-corrected chi connectivity index (χ2v) is 5.74. The molecule has 0 saturated carbocycles.